The van der Waals surface area contributed by atoms with Crippen molar-refractivity contribution < 1.29 is 14.3 Å². The number of rotatable bonds is 3. The van der Waals surface area contributed by atoms with E-state index >= 15 is 0 Å². The van der Waals surface area contributed by atoms with Gasteiger partial charge in [0.2, 0.25) is 0 Å². The fraction of sp³-hybridized carbons (Fsp3) is 0.364. The number of carbonyl (C=O) groups is 1. The molecule has 1 aliphatic heterocycles. The molecule has 1 atom stereocenters. The lowest BCUT2D eigenvalue weighted by Gasteiger charge is -2.05. The SMILES string of the molecule is Cc1ccc(NC(=O)OC[C@@H]2CO2)cc1. The molecule has 80 valence electrons. The van der Waals surface area contributed by atoms with Gasteiger partial charge in [-0.25, -0.2) is 4.79 Å². The highest BCUT2D eigenvalue weighted by atomic mass is 16.6. The van der Waals surface area contributed by atoms with Gasteiger partial charge in [-0.05, 0) is 19.1 Å². The molecule has 1 N–H and O–H groups in total. The van der Waals surface area contributed by atoms with Crippen LogP contribution in [0.3, 0.4) is 0 Å². The lowest BCUT2D eigenvalue weighted by atomic mass is 10.2. The van der Waals surface area contributed by atoms with E-state index in [2.05, 4.69) is 5.32 Å². The Morgan fingerprint density at radius 2 is 2.20 bits per heavy atom. The summed E-state index contributed by atoms with van der Waals surface area (Å²) in [6.07, 6.45) is -0.330. The Kier molecular flexibility index (Phi) is 2.87. The van der Waals surface area contributed by atoms with Gasteiger partial charge in [0.15, 0.2) is 0 Å². The van der Waals surface area contributed by atoms with E-state index in [1.165, 1.54) is 0 Å². The standard InChI is InChI=1S/C11H13NO3/c1-8-2-4-9(5-3-8)12-11(13)15-7-10-6-14-10/h2-5,10H,6-7H2,1H3,(H,12,13)/t10-/m0/s1. The Bertz CT molecular complexity index is 343. The van der Waals surface area contributed by atoms with Crippen molar-refractivity contribution in [1.82, 2.24) is 0 Å². The maximum Gasteiger partial charge on any atom is 0.411 e. The quantitative estimate of drug-likeness (QED) is 0.770. The first-order chi connectivity index (χ1) is 7.24. The molecule has 0 unspecified atom stereocenters. The second-order valence-electron chi connectivity index (χ2n) is 3.54. The van der Waals surface area contributed by atoms with Crippen LogP contribution in [-0.2, 0) is 9.47 Å². The smallest absolute Gasteiger partial charge is 0.411 e. The molecule has 15 heavy (non-hydrogen) atoms. The summed E-state index contributed by atoms with van der Waals surface area (Å²) in [5.41, 5.74) is 1.89. The number of ether oxygens (including phenoxy) is 2. The normalized spacial score (nSPS) is 18.3. The van der Waals surface area contributed by atoms with E-state index < -0.39 is 6.09 Å². The fourth-order valence-corrected chi connectivity index (χ4v) is 1.12. The number of hydrogen-bond acceptors (Lipinski definition) is 3. The van der Waals surface area contributed by atoms with Crippen molar-refractivity contribution in [1.29, 1.82) is 0 Å². The molecule has 2 rings (SSSR count). The molecular formula is C11H13NO3. The lowest BCUT2D eigenvalue weighted by Crippen LogP contribution is -2.16. The Balaban J connectivity index is 1.79. The molecule has 0 radical (unpaired) electrons. The molecule has 1 saturated heterocycles. The lowest BCUT2D eigenvalue weighted by molar-refractivity contribution is 0.150. The van der Waals surface area contributed by atoms with Crippen LogP contribution in [0, 0.1) is 6.92 Å². The molecule has 1 heterocycles. The van der Waals surface area contributed by atoms with E-state index in [0.29, 0.717) is 13.2 Å². The van der Waals surface area contributed by atoms with Crippen LogP contribution in [0.25, 0.3) is 0 Å². The van der Waals surface area contributed by atoms with Gasteiger partial charge in [-0.1, -0.05) is 17.7 Å². The number of nitrogens with one attached hydrogen (secondary N) is 1. The molecular weight excluding hydrogens is 194 g/mol. The third kappa shape index (κ3) is 3.25. The summed E-state index contributed by atoms with van der Waals surface area (Å²) in [6, 6.07) is 7.54. The largest absolute Gasteiger partial charge is 0.446 e. The van der Waals surface area contributed by atoms with Crippen molar-refractivity contribution >= 4 is 11.8 Å². The van der Waals surface area contributed by atoms with E-state index in [-0.39, 0.29) is 6.10 Å². The summed E-state index contributed by atoms with van der Waals surface area (Å²) < 4.78 is 9.84. The summed E-state index contributed by atoms with van der Waals surface area (Å²) >= 11 is 0. The molecule has 1 aromatic rings. The summed E-state index contributed by atoms with van der Waals surface area (Å²) in [7, 11) is 0. The van der Waals surface area contributed by atoms with Crippen molar-refractivity contribution in [2.75, 3.05) is 18.5 Å². The first-order valence-corrected chi connectivity index (χ1v) is 4.86. The summed E-state index contributed by atoms with van der Waals surface area (Å²) in [5.74, 6) is 0. The van der Waals surface area contributed by atoms with Crippen LogP contribution in [0.4, 0.5) is 10.5 Å². The minimum Gasteiger partial charge on any atom is -0.446 e. The topological polar surface area (TPSA) is 50.9 Å². The van der Waals surface area contributed by atoms with Crippen LogP contribution >= 0.6 is 0 Å². The van der Waals surface area contributed by atoms with Gasteiger partial charge >= 0.3 is 6.09 Å². The number of carbonyl (C=O) groups excluding carboxylic acids is 1. The van der Waals surface area contributed by atoms with Crippen LogP contribution in [0.1, 0.15) is 5.56 Å². The molecule has 0 spiro atoms. The molecule has 1 aromatic carbocycles. The van der Waals surface area contributed by atoms with Gasteiger partial charge in [0.1, 0.15) is 12.7 Å². The summed E-state index contributed by atoms with van der Waals surface area (Å²) in [6.45, 7) is 3.02. The zero-order valence-electron chi connectivity index (χ0n) is 8.53. The molecule has 1 aliphatic rings. The van der Waals surface area contributed by atoms with Crippen molar-refractivity contribution in [3.05, 3.63) is 29.8 Å². The van der Waals surface area contributed by atoms with E-state index in [9.17, 15) is 4.79 Å². The Hall–Kier alpha value is -1.55. The predicted molar refractivity (Wildman–Crippen MR) is 55.9 cm³/mol. The molecule has 0 aromatic heterocycles. The van der Waals surface area contributed by atoms with Crippen LogP contribution in [0.15, 0.2) is 24.3 Å². The maximum atomic E-state index is 11.2. The average molecular weight is 207 g/mol. The highest BCUT2D eigenvalue weighted by Gasteiger charge is 2.24. The molecule has 0 saturated carbocycles. The monoisotopic (exact) mass is 207 g/mol. The second kappa shape index (κ2) is 4.31. The number of amides is 1. The van der Waals surface area contributed by atoms with E-state index in [4.69, 9.17) is 9.47 Å². The molecule has 0 bridgehead atoms. The fourth-order valence-electron chi connectivity index (χ4n) is 1.12. The molecule has 4 nitrogen and oxygen atoms in total. The van der Waals surface area contributed by atoms with Gasteiger partial charge in [-0.15, -0.1) is 0 Å². The molecule has 4 heteroatoms. The average Bonchev–Trinajstić information content (AvgIpc) is 3.02. The van der Waals surface area contributed by atoms with E-state index in [0.717, 1.165) is 11.3 Å². The minimum absolute atomic E-state index is 0.105. The first kappa shape index (κ1) is 9.98. The van der Waals surface area contributed by atoms with Gasteiger partial charge in [-0.3, -0.25) is 5.32 Å². The third-order valence-electron chi connectivity index (χ3n) is 2.10. The highest BCUT2D eigenvalue weighted by Crippen LogP contribution is 2.11. The zero-order chi connectivity index (χ0) is 10.7. The Morgan fingerprint density at radius 3 is 2.80 bits per heavy atom. The Morgan fingerprint density at radius 1 is 1.53 bits per heavy atom. The minimum atomic E-state index is -0.436. The van der Waals surface area contributed by atoms with Crippen molar-refractivity contribution in [2.45, 2.75) is 13.0 Å². The van der Waals surface area contributed by atoms with Crippen molar-refractivity contribution in [3.63, 3.8) is 0 Å². The van der Waals surface area contributed by atoms with Gasteiger partial charge in [-0.2, -0.15) is 0 Å². The first-order valence-electron chi connectivity index (χ1n) is 4.86. The van der Waals surface area contributed by atoms with Crippen LogP contribution in [-0.4, -0.2) is 25.4 Å². The molecule has 1 fully saturated rings. The molecule has 0 aliphatic carbocycles. The van der Waals surface area contributed by atoms with E-state index in [1.54, 1.807) is 0 Å². The Labute approximate surface area is 88.2 Å². The van der Waals surface area contributed by atoms with Crippen molar-refractivity contribution in [2.24, 2.45) is 0 Å². The van der Waals surface area contributed by atoms with Gasteiger partial charge in [0.05, 0.1) is 6.61 Å². The van der Waals surface area contributed by atoms with E-state index in [1.807, 2.05) is 31.2 Å². The predicted octanol–water partition coefficient (Wildman–Crippen LogP) is 1.94. The zero-order valence-corrected chi connectivity index (χ0v) is 8.53. The van der Waals surface area contributed by atoms with Crippen LogP contribution in [0.5, 0.6) is 0 Å². The van der Waals surface area contributed by atoms with Crippen molar-refractivity contribution in [3.8, 4) is 0 Å². The molecule has 1 amide bonds. The van der Waals surface area contributed by atoms with Crippen LogP contribution in [0.2, 0.25) is 0 Å². The van der Waals surface area contributed by atoms with Gasteiger partial charge < -0.3 is 9.47 Å². The van der Waals surface area contributed by atoms with Crippen LogP contribution < -0.4 is 5.32 Å². The third-order valence-corrected chi connectivity index (χ3v) is 2.10. The number of hydrogen-bond donors (Lipinski definition) is 1. The van der Waals surface area contributed by atoms with Gasteiger partial charge in [0.25, 0.3) is 0 Å². The maximum absolute atomic E-state index is 11.2. The second-order valence-corrected chi connectivity index (χ2v) is 3.54. The van der Waals surface area contributed by atoms with Gasteiger partial charge in [0, 0.05) is 5.69 Å². The number of anilines is 1. The number of epoxide rings is 1. The highest BCUT2D eigenvalue weighted by molar-refractivity contribution is 5.84. The number of aryl methyl sites for hydroxylation is 1. The number of benzene rings is 1. The summed E-state index contributed by atoms with van der Waals surface area (Å²) in [5, 5.41) is 2.64. The summed E-state index contributed by atoms with van der Waals surface area (Å²) in [4.78, 5) is 11.2.